The molecule has 0 aliphatic carbocycles. The largest absolute Gasteiger partial charge is 0.502 e. The van der Waals surface area contributed by atoms with E-state index >= 15 is 0 Å². The van der Waals surface area contributed by atoms with E-state index in [1.165, 1.54) is 0 Å². The monoisotopic (exact) mass is 171 g/mol. The maximum absolute atomic E-state index is 11.7. The molecule has 0 fully saturated rings. The predicted molar refractivity (Wildman–Crippen MR) is 44.6 cm³/mol. The van der Waals surface area contributed by atoms with Gasteiger partial charge >= 0.3 is 6.98 Å². The van der Waals surface area contributed by atoms with Crippen LogP contribution in [0.2, 0.25) is 0 Å². The zero-order chi connectivity index (χ0) is 9.03. The van der Waals surface area contributed by atoms with E-state index in [2.05, 4.69) is 0 Å². The lowest BCUT2D eigenvalue weighted by molar-refractivity contribution is 0.499. The van der Waals surface area contributed by atoms with Crippen LogP contribution >= 0.6 is 0 Å². The first-order chi connectivity index (χ1) is 5.58. The topological polar surface area (TPSA) is 0 Å². The van der Waals surface area contributed by atoms with Gasteiger partial charge in [-0.3, -0.25) is 0 Å². The fourth-order valence-corrected chi connectivity index (χ4v) is 0.784. The minimum atomic E-state index is -4.81. The van der Waals surface area contributed by atoms with Crippen molar-refractivity contribution in [1.82, 2.24) is 0 Å². The van der Waals surface area contributed by atoms with Crippen LogP contribution in [0.25, 0.3) is 6.08 Å². The Morgan fingerprint density at radius 2 is 1.58 bits per heavy atom. The van der Waals surface area contributed by atoms with Crippen molar-refractivity contribution >= 4 is 13.1 Å². The number of halogens is 3. The molecule has 0 amide bonds. The van der Waals surface area contributed by atoms with Crippen molar-refractivity contribution in [2.75, 3.05) is 0 Å². The minimum Gasteiger partial charge on any atom is -0.445 e. The van der Waals surface area contributed by atoms with E-state index in [0.717, 1.165) is 6.08 Å². The number of rotatable bonds is 2. The summed E-state index contributed by atoms with van der Waals surface area (Å²) in [5.41, 5.74) is 0.566. The fraction of sp³-hybridized carbons (Fsp3) is 0. The SMILES string of the molecule is F[B-](F)(F)/C=C\c1ccccc1. The molecule has 1 rings (SSSR count). The van der Waals surface area contributed by atoms with Crippen LogP contribution in [0.15, 0.2) is 36.3 Å². The Morgan fingerprint density at radius 3 is 2.08 bits per heavy atom. The van der Waals surface area contributed by atoms with Crippen molar-refractivity contribution in [3.05, 3.63) is 41.9 Å². The average molecular weight is 171 g/mol. The van der Waals surface area contributed by atoms with Crippen LogP contribution in [0, 0.1) is 0 Å². The van der Waals surface area contributed by atoms with Gasteiger partial charge < -0.3 is 12.9 Å². The lowest BCUT2D eigenvalue weighted by Crippen LogP contribution is -2.09. The van der Waals surface area contributed by atoms with Crippen molar-refractivity contribution in [1.29, 1.82) is 0 Å². The van der Waals surface area contributed by atoms with Gasteiger partial charge in [0.2, 0.25) is 0 Å². The van der Waals surface area contributed by atoms with Crippen LogP contribution in [0.1, 0.15) is 5.56 Å². The molecule has 0 aliphatic heterocycles. The fourth-order valence-electron chi connectivity index (χ4n) is 0.784. The molecule has 0 aliphatic rings. The molecule has 0 unspecified atom stereocenters. The lowest BCUT2D eigenvalue weighted by atomic mass is 9.91. The molecule has 0 aromatic heterocycles. The second kappa shape index (κ2) is 3.47. The molecule has 64 valence electrons. The lowest BCUT2D eigenvalue weighted by Gasteiger charge is -2.05. The van der Waals surface area contributed by atoms with Crippen molar-refractivity contribution in [3.8, 4) is 0 Å². The first-order valence-electron chi connectivity index (χ1n) is 3.52. The maximum Gasteiger partial charge on any atom is 0.502 e. The van der Waals surface area contributed by atoms with Gasteiger partial charge in [0.05, 0.1) is 0 Å². The summed E-state index contributed by atoms with van der Waals surface area (Å²) >= 11 is 0. The molecule has 4 heteroatoms. The van der Waals surface area contributed by atoms with E-state index in [1.807, 2.05) is 0 Å². The van der Waals surface area contributed by atoms with E-state index in [0.29, 0.717) is 5.56 Å². The van der Waals surface area contributed by atoms with Gasteiger partial charge in [-0.15, -0.1) is 5.98 Å². The minimum absolute atomic E-state index is 0.287. The van der Waals surface area contributed by atoms with Gasteiger partial charge in [-0.05, 0) is 5.56 Å². The Labute approximate surface area is 68.8 Å². The van der Waals surface area contributed by atoms with Crippen LogP contribution in [0.5, 0.6) is 0 Å². The number of benzene rings is 1. The van der Waals surface area contributed by atoms with Crippen molar-refractivity contribution in [2.24, 2.45) is 0 Å². The second-order valence-electron chi connectivity index (χ2n) is 2.40. The Morgan fingerprint density at radius 1 is 1.00 bits per heavy atom. The Hall–Kier alpha value is -1.19. The summed E-state index contributed by atoms with van der Waals surface area (Å²) in [6, 6.07) is 8.40. The van der Waals surface area contributed by atoms with Crippen LogP contribution < -0.4 is 0 Å². The van der Waals surface area contributed by atoms with Gasteiger partial charge in [-0.1, -0.05) is 36.4 Å². The van der Waals surface area contributed by atoms with Gasteiger partial charge in [-0.25, -0.2) is 0 Å². The van der Waals surface area contributed by atoms with E-state index in [4.69, 9.17) is 0 Å². The second-order valence-corrected chi connectivity index (χ2v) is 2.40. The van der Waals surface area contributed by atoms with E-state index in [9.17, 15) is 12.9 Å². The van der Waals surface area contributed by atoms with Gasteiger partial charge in [0.15, 0.2) is 0 Å². The third kappa shape index (κ3) is 3.28. The molecule has 0 spiro atoms. The summed E-state index contributed by atoms with van der Waals surface area (Å²) < 4.78 is 35.2. The van der Waals surface area contributed by atoms with Crippen LogP contribution in [-0.2, 0) is 0 Å². The van der Waals surface area contributed by atoms with E-state index in [-0.39, 0.29) is 5.98 Å². The van der Waals surface area contributed by atoms with E-state index in [1.54, 1.807) is 30.3 Å². The highest BCUT2D eigenvalue weighted by molar-refractivity contribution is 6.64. The summed E-state index contributed by atoms with van der Waals surface area (Å²) in [5.74, 6) is 0.287. The van der Waals surface area contributed by atoms with Gasteiger partial charge in [0.25, 0.3) is 0 Å². The molecule has 0 heterocycles. The summed E-state index contributed by atoms with van der Waals surface area (Å²) in [7, 11) is 0. The number of hydrogen-bond acceptors (Lipinski definition) is 0. The molecular weight excluding hydrogens is 164 g/mol. The standard InChI is InChI=1S/C8H7BF3/c10-9(11,12)7-6-8-4-2-1-3-5-8/h1-7H/q-1/b7-6-. The maximum atomic E-state index is 11.7. The predicted octanol–water partition coefficient (Wildman–Crippen LogP) is 3.09. The molecule has 0 nitrogen and oxygen atoms in total. The molecule has 0 atom stereocenters. The normalized spacial score (nSPS) is 12.2. The van der Waals surface area contributed by atoms with E-state index < -0.39 is 6.98 Å². The molecule has 0 N–H and O–H groups in total. The summed E-state index contributed by atoms with van der Waals surface area (Å²) in [5, 5.41) is 0. The molecular formula is C8H7BF3-. The van der Waals surface area contributed by atoms with Crippen molar-refractivity contribution in [3.63, 3.8) is 0 Å². The van der Waals surface area contributed by atoms with Crippen LogP contribution in [0.4, 0.5) is 12.9 Å². The molecule has 12 heavy (non-hydrogen) atoms. The molecule has 1 aromatic carbocycles. The quantitative estimate of drug-likeness (QED) is 0.599. The third-order valence-corrected chi connectivity index (χ3v) is 1.31. The summed E-state index contributed by atoms with van der Waals surface area (Å²) in [6.07, 6.45) is 1.07. The zero-order valence-corrected chi connectivity index (χ0v) is 6.25. The molecule has 1 aromatic rings. The van der Waals surface area contributed by atoms with Crippen molar-refractivity contribution in [2.45, 2.75) is 0 Å². The highest BCUT2D eigenvalue weighted by atomic mass is 19.4. The van der Waals surface area contributed by atoms with Crippen LogP contribution in [-0.4, -0.2) is 6.98 Å². The first kappa shape index (κ1) is 8.91. The van der Waals surface area contributed by atoms with Gasteiger partial charge in [-0.2, -0.15) is 0 Å². The van der Waals surface area contributed by atoms with Crippen LogP contribution in [0.3, 0.4) is 0 Å². The Kier molecular flexibility index (Phi) is 2.58. The summed E-state index contributed by atoms with van der Waals surface area (Å²) in [6.45, 7) is -4.81. The highest BCUT2D eigenvalue weighted by Gasteiger charge is 2.16. The van der Waals surface area contributed by atoms with Gasteiger partial charge in [0.1, 0.15) is 0 Å². The first-order valence-corrected chi connectivity index (χ1v) is 3.52. The zero-order valence-electron chi connectivity index (χ0n) is 6.25. The Bertz CT molecular complexity index is 263. The molecule has 0 saturated carbocycles. The molecule has 0 saturated heterocycles. The molecule has 0 radical (unpaired) electrons. The number of hydrogen-bond donors (Lipinski definition) is 0. The van der Waals surface area contributed by atoms with Crippen molar-refractivity contribution < 1.29 is 12.9 Å². The van der Waals surface area contributed by atoms with Gasteiger partial charge in [0, 0.05) is 0 Å². The third-order valence-electron chi connectivity index (χ3n) is 1.31. The summed E-state index contributed by atoms with van der Waals surface area (Å²) in [4.78, 5) is 0. The smallest absolute Gasteiger partial charge is 0.445 e. The highest BCUT2D eigenvalue weighted by Crippen LogP contribution is 2.12. The Balaban J connectivity index is 2.71. The average Bonchev–Trinajstić information content (AvgIpc) is 2.02. The molecule has 0 bridgehead atoms.